The minimum absolute atomic E-state index is 0.0288. The Kier molecular flexibility index (Phi) is 4.34. The summed E-state index contributed by atoms with van der Waals surface area (Å²) in [5, 5.41) is 0. The molecule has 1 N–H and O–H groups in total. The predicted octanol–water partition coefficient (Wildman–Crippen LogP) is 1.98. The van der Waals surface area contributed by atoms with Gasteiger partial charge in [-0.25, -0.2) is 4.98 Å². The molecule has 0 atom stereocenters. The molecule has 5 heteroatoms. The summed E-state index contributed by atoms with van der Waals surface area (Å²) >= 11 is 0. The van der Waals surface area contributed by atoms with Gasteiger partial charge in [0.05, 0.1) is 11.3 Å². The maximum atomic E-state index is 12.3. The van der Waals surface area contributed by atoms with Gasteiger partial charge in [-0.05, 0) is 25.0 Å². The van der Waals surface area contributed by atoms with Gasteiger partial charge in [0.2, 0.25) is 0 Å². The fraction of sp³-hybridized carbons (Fsp3) is 0.471. The zero-order valence-corrected chi connectivity index (χ0v) is 13.2. The number of fused-ring (bicyclic) bond motifs is 1. The molecule has 3 heterocycles. The molecule has 0 fully saturated rings. The second-order valence-electron chi connectivity index (χ2n) is 5.90. The first-order valence-corrected chi connectivity index (χ1v) is 7.91. The van der Waals surface area contributed by atoms with Gasteiger partial charge in [-0.2, -0.15) is 0 Å². The van der Waals surface area contributed by atoms with Crippen molar-refractivity contribution >= 4 is 0 Å². The van der Waals surface area contributed by atoms with Crippen LogP contribution < -0.4 is 5.56 Å². The molecule has 22 heavy (non-hydrogen) atoms. The van der Waals surface area contributed by atoms with Crippen LogP contribution in [0.5, 0.6) is 0 Å². The molecule has 116 valence electrons. The van der Waals surface area contributed by atoms with Crippen LogP contribution in [0.4, 0.5) is 0 Å². The van der Waals surface area contributed by atoms with Gasteiger partial charge in [-0.3, -0.25) is 14.7 Å². The highest BCUT2D eigenvalue weighted by Crippen LogP contribution is 2.17. The van der Waals surface area contributed by atoms with Crippen LogP contribution in [0.25, 0.3) is 0 Å². The normalized spacial score (nSPS) is 14.8. The van der Waals surface area contributed by atoms with Gasteiger partial charge in [-0.15, -0.1) is 0 Å². The quantitative estimate of drug-likeness (QED) is 0.937. The Morgan fingerprint density at radius 3 is 3.05 bits per heavy atom. The van der Waals surface area contributed by atoms with Crippen molar-refractivity contribution in [1.82, 2.24) is 19.9 Å². The zero-order valence-electron chi connectivity index (χ0n) is 13.2. The highest BCUT2D eigenvalue weighted by Gasteiger charge is 2.21. The van der Waals surface area contributed by atoms with Crippen LogP contribution >= 0.6 is 0 Å². The molecule has 0 bridgehead atoms. The molecule has 0 amide bonds. The third-order valence-electron chi connectivity index (χ3n) is 4.19. The summed E-state index contributed by atoms with van der Waals surface area (Å²) in [7, 11) is 0. The number of hydrogen-bond acceptors (Lipinski definition) is 4. The van der Waals surface area contributed by atoms with E-state index in [9.17, 15) is 4.79 Å². The largest absolute Gasteiger partial charge is 0.310 e. The third kappa shape index (κ3) is 3.09. The summed E-state index contributed by atoms with van der Waals surface area (Å²) in [6.45, 7) is 6.55. The Balaban J connectivity index is 1.79. The van der Waals surface area contributed by atoms with Crippen LogP contribution in [0.1, 0.15) is 41.7 Å². The number of aromatic amines is 1. The summed E-state index contributed by atoms with van der Waals surface area (Å²) in [4.78, 5) is 26.5. The topological polar surface area (TPSA) is 61.9 Å². The molecule has 1 aliphatic rings. The average molecular weight is 298 g/mol. The number of H-pyrrole nitrogens is 1. The number of hydrogen-bond donors (Lipinski definition) is 1. The lowest BCUT2D eigenvalue weighted by Gasteiger charge is -2.28. The van der Waals surface area contributed by atoms with Gasteiger partial charge in [0, 0.05) is 44.4 Å². The first kappa shape index (κ1) is 14.9. The van der Waals surface area contributed by atoms with Gasteiger partial charge >= 0.3 is 0 Å². The molecule has 0 saturated carbocycles. The van der Waals surface area contributed by atoms with Crippen molar-refractivity contribution in [3.8, 4) is 0 Å². The van der Waals surface area contributed by atoms with E-state index in [1.807, 2.05) is 19.2 Å². The molecular weight excluding hydrogens is 276 g/mol. The maximum Gasteiger partial charge on any atom is 0.255 e. The van der Waals surface area contributed by atoms with Crippen LogP contribution in [0, 0.1) is 6.92 Å². The van der Waals surface area contributed by atoms with E-state index < -0.39 is 0 Å². The van der Waals surface area contributed by atoms with Gasteiger partial charge in [-0.1, -0.05) is 13.0 Å². The average Bonchev–Trinajstić information content (AvgIpc) is 2.51. The van der Waals surface area contributed by atoms with E-state index in [1.54, 1.807) is 0 Å². The van der Waals surface area contributed by atoms with Crippen LogP contribution in [0.2, 0.25) is 0 Å². The van der Waals surface area contributed by atoms with Crippen molar-refractivity contribution < 1.29 is 0 Å². The fourth-order valence-electron chi connectivity index (χ4n) is 2.95. The van der Waals surface area contributed by atoms with Crippen molar-refractivity contribution in [1.29, 1.82) is 0 Å². The first-order chi connectivity index (χ1) is 10.7. The minimum atomic E-state index is 0.0288. The lowest BCUT2D eigenvalue weighted by atomic mass is 10.1. The van der Waals surface area contributed by atoms with Crippen molar-refractivity contribution in [3.63, 3.8) is 0 Å². The number of aromatic nitrogens is 3. The molecular formula is C17H22N4O. The molecule has 0 aromatic carbocycles. The van der Waals surface area contributed by atoms with Crippen molar-refractivity contribution in [3.05, 3.63) is 57.0 Å². The molecule has 1 aliphatic heterocycles. The summed E-state index contributed by atoms with van der Waals surface area (Å²) in [6, 6.07) is 4.07. The molecule has 2 aromatic rings. The monoisotopic (exact) mass is 298 g/mol. The first-order valence-electron chi connectivity index (χ1n) is 7.91. The van der Waals surface area contributed by atoms with E-state index >= 15 is 0 Å². The second-order valence-corrected chi connectivity index (χ2v) is 5.90. The number of pyridine rings is 1. The van der Waals surface area contributed by atoms with Crippen molar-refractivity contribution in [2.75, 3.05) is 6.54 Å². The van der Waals surface area contributed by atoms with E-state index in [4.69, 9.17) is 0 Å². The number of nitrogens with zero attached hydrogens (tertiary/aromatic N) is 3. The van der Waals surface area contributed by atoms with Crippen molar-refractivity contribution in [2.45, 2.75) is 46.2 Å². The van der Waals surface area contributed by atoms with Crippen LogP contribution in [0.15, 0.2) is 23.1 Å². The van der Waals surface area contributed by atoms with E-state index in [0.29, 0.717) is 6.54 Å². The smallest absolute Gasteiger partial charge is 0.255 e. The van der Waals surface area contributed by atoms with Gasteiger partial charge in [0.25, 0.3) is 5.56 Å². The lowest BCUT2D eigenvalue weighted by Crippen LogP contribution is -2.36. The Morgan fingerprint density at radius 1 is 1.41 bits per heavy atom. The lowest BCUT2D eigenvalue weighted by molar-refractivity contribution is 0.240. The maximum absolute atomic E-state index is 12.3. The summed E-state index contributed by atoms with van der Waals surface area (Å²) in [5.41, 5.74) is 4.11. The Labute approximate surface area is 130 Å². The summed E-state index contributed by atoms with van der Waals surface area (Å²) < 4.78 is 0. The molecule has 2 aromatic heterocycles. The second kappa shape index (κ2) is 6.40. The standard InChI is InChI=1S/C17H22N4O/c1-3-5-16-19-15-7-9-21(11-14(15)17(22)20-16)10-13-6-4-8-18-12(13)2/h4,6,8H,3,5,7,9-11H2,1-2H3,(H,19,20,22). The predicted molar refractivity (Wildman–Crippen MR) is 85.6 cm³/mol. The van der Waals surface area contributed by atoms with E-state index in [0.717, 1.165) is 55.1 Å². The number of rotatable bonds is 4. The van der Waals surface area contributed by atoms with Gasteiger partial charge in [0.1, 0.15) is 5.82 Å². The fourth-order valence-corrected chi connectivity index (χ4v) is 2.95. The van der Waals surface area contributed by atoms with Crippen LogP contribution in [-0.2, 0) is 25.9 Å². The summed E-state index contributed by atoms with van der Waals surface area (Å²) in [5.74, 6) is 0.822. The number of nitrogens with one attached hydrogen (secondary N) is 1. The van der Waals surface area contributed by atoms with Crippen molar-refractivity contribution in [2.24, 2.45) is 0 Å². The highest BCUT2D eigenvalue weighted by molar-refractivity contribution is 5.23. The zero-order chi connectivity index (χ0) is 15.5. The molecule has 0 unspecified atom stereocenters. The third-order valence-corrected chi connectivity index (χ3v) is 4.19. The highest BCUT2D eigenvalue weighted by atomic mass is 16.1. The molecule has 0 saturated heterocycles. The Bertz CT molecular complexity index is 723. The molecule has 0 aliphatic carbocycles. The summed E-state index contributed by atoms with van der Waals surface area (Å²) in [6.07, 6.45) is 4.48. The van der Waals surface area contributed by atoms with Gasteiger partial charge in [0.15, 0.2) is 0 Å². The molecule has 5 nitrogen and oxygen atoms in total. The Morgan fingerprint density at radius 2 is 2.27 bits per heavy atom. The molecule has 3 rings (SSSR count). The van der Waals surface area contributed by atoms with Gasteiger partial charge < -0.3 is 4.98 Å². The number of aryl methyl sites for hydroxylation is 2. The SMILES string of the molecule is CCCc1nc2c(c(=O)[nH]1)CN(Cc1cccnc1C)CC2. The van der Waals surface area contributed by atoms with Crippen LogP contribution in [-0.4, -0.2) is 26.4 Å². The Hall–Kier alpha value is -2.01. The minimum Gasteiger partial charge on any atom is -0.310 e. The van der Waals surface area contributed by atoms with E-state index in [2.05, 4.69) is 32.8 Å². The van der Waals surface area contributed by atoms with E-state index in [-0.39, 0.29) is 5.56 Å². The van der Waals surface area contributed by atoms with E-state index in [1.165, 1.54) is 5.56 Å². The molecule has 0 radical (unpaired) electrons. The molecule has 0 spiro atoms. The van der Waals surface area contributed by atoms with Crippen LogP contribution in [0.3, 0.4) is 0 Å².